The van der Waals surface area contributed by atoms with Crippen molar-refractivity contribution in [3.63, 3.8) is 0 Å². The van der Waals surface area contributed by atoms with Crippen molar-refractivity contribution in [3.05, 3.63) is 95.1 Å². The summed E-state index contributed by atoms with van der Waals surface area (Å²) in [7, 11) is -3.33. The predicted molar refractivity (Wildman–Crippen MR) is 143 cm³/mol. The Bertz CT molecular complexity index is 1400. The van der Waals surface area contributed by atoms with Crippen molar-refractivity contribution >= 4 is 32.9 Å². The Morgan fingerprint density at radius 3 is 2.47 bits per heavy atom. The maximum Gasteiger partial charge on any atom is 0.252 e. The average molecular weight is 504 g/mol. The predicted octanol–water partition coefficient (Wildman–Crippen LogP) is 4.43. The first-order chi connectivity index (χ1) is 17.4. The number of hydrogen-bond donors (Lipinski definition) is 2. The SMILES string of the molecule is CS(=O)(=O)Nc1ccc(C2=C(COc3ccc4c(c3)C(=O)NC4)CCN(c3ccccc3)CC2)cc1. The Hall–Kier alpha value is -3.78. The van der Waals surface area contributed by atoms with Crippen LogP contribution in [-0.4, -0.2) is 40.3 Å². The summed E-state index contributed by atoms with van der Waals surface area (Å²) in [5, 5.41) is 2.84. The molecule has 2 aliphatic rings. The van der Waals surface area contributed by atoms with E-state index in [0.29, 0.717) is 30.2 Å². The molecular weight excluding hydrogens is 474 g/mol. The highest BCUT2D eigenvalue weighted by Gasteiger charge is 2.21. The molecule has 0 saturated carbocycles. The third kappa shape index (κ3) is 5.54. The van der Waals surface area contributed by atoms with Gasteiger partial charge >= 0.3 is 0 Å². The molecule has 0 aliphatic carbocycles. The summed E-state index contributed by atoms with van der Waals surface area (Å²) >= 11 is 0. The van der Waals surface area contributed by atoms with Crippen LogP contribution >= 0.6 is 0 Å². The Morgan fingerprint density at radius 2 is 1.72 bits per heavy atom. The van der Waals surface area contributed by atoms with Crippen molar-refractivity contribution in [1.82, 2.24) is 5.32 Å². The molecule has 0 radical (unpaired) electrons. The second kappa shape index (κ2) is 10.1. The van der Waals surface area contributed by atoms with Gasteiger partial charge in [0.2, 0.25) is 10.0 Å². The topological polar surface area (TPSA) is 87.7 Å². The lowest BCUT2D eigenvalue weighted by molar-refractivity contribution is 0.0965. The zero-order chi connectivity index (χ0) is 25.1. The van der Waals surface area contributed by atoms with E-state index >= 15 is 0 Å². The minimum absolute atomic E-state index is 0.0638. The van der Waals surface area contributed by atoms with Crippen LogP contribution in [-0.2, 0) is 16.6 Å². The molecule has 36 heavy (non-hydrogen) atoms. The van der Waals surface area contributed by atoms with Crippen LogP contribution in [0.5, 0.6) is 5.75 Å². The Balaban J connectivity index is 1.40. The summed E-state index contributed by atoms with van der Waals surface area (Å²) in [5.74, 6) is 0.612. The molecule has 3 aromatic rings. The van der Waals surface area contributed by atoms with Gasteiger partial charge in [0.25, 0.3) is 5.91 Å². The van der Waals surface area contributed by atoms with Crippen molar-refractivity contribution in [2.75, 3.05) is 35.6 Å². The standard InChI is InChI=1S/C28H29N3O4S/c1-36(33,34)30-23-10-7-20(8-11-23)26-14-16-31(24-5-3-2-4-6-24)15-13-22(26)19-35-25-12-9-21-18-29-28(32)27(21)17-25/h2-12,17,30H,13-16,18-19H2,1H3,(H,29,32). The van der Waals surface area contributed by atoms with E-state index in [0.717, 1.165) is 43.3 Å². The van der Waals surface area contributed by atoms with Crippen LogP contribution in [0.15, 0.2) is 78.4 Å². The van der Waals surface area contributed by atoms with Crippen molar-refractivity contribution in [1.29, 1.82) is 0 Å². The zero-order valence-electron chi connectivity index (χ0n) is 20.2. The number of nitrogens with one attached hydrogen (secondary N) is 2. The lowest BCUT2D eigenvalue weighted by Crippen LogP contribution is -2.24. The summed E-state index contributed by atoms with van der Waals surface area (Å²) in [6.07, 6.45) is 2.81. The molecule has 7 nitrogen and oxygen atoms in total. The van der Waals surface area contributed by atoms with Crippen molar-refractivity contribution in [2.24, 2.45) is 0 Å². The fourth-order valence-corrected chi connectivity index (χ4v) is 5.33. The van der Waals surface area contributed by atoms with E-state index < -0.39 is 10.0 Å². The number of carbonyl (C=O) groups is 1. The summed E-state index contributed by atoms with van der Waals surface area (Å²) in [4.78, 5) is 14.4. The largest absolute Gasteiger partial charge is 0.489 e. The minimum atomic E-state index is -3.33. The smallest absolute Gasteiger partial charge is 0.252 e. The quantitative estimate of drug-likeness (QED) is 0.498. The molecule has 1 amide bonds. The number of carbonyl (C=O) groups excluding carboxylic acids is 1. The van der Waals surface area contributed by atoms with Crippen LogP contribution in [0.1, 0.15) is 34.3 Å². The molecule has 0 fully saturated rings. The maximum atomic E-state index is 12.1. The van der Waals surface area contributed by atoms with Crippen LogP contribution in [0.2, 0.25) is 0 Å². The highest BCUT2D eigenvalue weighted by molar-refractivity contribution is 7.92. The molecule has 2 aliphatic heterocycles. The number of sulfonamides is 1. The van der Waals surface area contributed by atoms with E-state index in [1.807, 2.05) is 36.4 Å². The fourth-order valence-electron chi connectivity index (χ4n) is 4.77. The van der Waals surface area contributed by atoms with Gasteiger partial charge in [0.15, 0.2) is 0 Å². The normalized spacial score (nSPS) is 15.8. The molecule has 0 bridgehead atoms. The van der Waals surface area contributed by atoms with E-state index in [9.17, 15) is 13.2 Å². The number of fused-ring (bicyclic) bond motifs is 1. The first kappa shape index (κ1) is 23.9. The lowest BCUT2D eigenvalue weighted by atomic mass is 9.96. The maximum absolute atomic E-state index is 12.1. The molecule has 3 aromatic carbocycles. The Kier molecular flexibility index (Phi) is 6.69. The number of benzene rings is 3. The van der Waals surface area contributed by atoms with Gasteiger partial charge in [-0.25, -0.2) is 8.42 Å². The lowest BCUT2D eigenvalue weighted by Gasteiger charge is -2.23. The van der Waals surface area contributed by atoms with Crippen molar-refractivity contribution in [3.8, 4) is 5.75 Å². The highest BCUT2D eigenvalue weighted by atomic mass is 32.2. The molecule has 0 atom stereocenters. The third-order valence-corrected chi connectivity index (χ3v) is 7.18. The number of hydrogen-bond acceptors (Lipinski definition) is 5. The molecular formula is C28H29N3O4S. The molecule has 2 N–H and O–H groups in total. The van der Waals surface area contributed by atoms with E-state index in [1.54, 1.807) is 12.1 Å². The van der Waals surface area contributed by atoms with Gasteiger partial charge in [-0.05, 0) is 71.5 Å². The summed E-state index contributed by atoms with van der Waals surface area (Å²) in [6, 6.07) is 23.6. The van der Waals surface area contributed by atoms with Gasteiger partial charge < -0.3 is 15.0 Å². The van der Waals surface area contributed by atoms with E-state index in [1.165, 1.54) is 16.8 Å². The Morgan fingerprint density at radius 1 is 0.972 bits per heavy atom. The number of nitrogens with zero attached hydrogens (tertiary/aromatic N) is 1. The summed E-state index contributed by atoms with van der Waals surface area (Å²) < 4.78 is 31.9. The van der Waals surface area contributed by atoms with E-state index in [-0.39, 0.29) is 5.91 Å². The second-order valence-corrected chi connectivity index (χ2v) is 10.9. The van der Waals surface area contributed by atoms with Crippen LogP contribution in [0.25, 0.3) is 5.57 Å². The number of amides is 1. The molecule has 5 rings (SSSR count). The average Bonchev–Trinajstić information content (AvgIpc) is 3.10. The van der Waals surface area contributed by atoms with Gasteiger partial charge in [-0.15, -0.1) is 0 Å². The highest BCUT2D eigenvalue weighted by Crippen LogP contribution is 2.31. The molecule has 8 heteroatoms. The molecule has 2 heterocycles. The summed E-state index contributed by atoms with van der Waals surface area (Å²) in [5.41, 5.74) is 6.85. The van der Waals surface area contributed by atoms with Gasteiger partial charge in [0.1, 0.15) is 12.4 Å². The first-order valence-corrected chi connectivity index (χ1v) is 13.9. The van der Waals surface area contributed by atoms with Crippen LogP contribution < -0.4 is 19.7 Å². The van der Waals surface area contributed by atoms with E-state index in [2.05, 4.69) is 39.2 Å². The van der Waals surface area contributed by atoms with Crippen molar-refractivity contribution < 1.29 is 17.9 Å². The Labute approximate surface area is 211 Å². The van der Waals surface area contributed by atoms with Gasteiger partial charge in [-0.1, -0.05) is 36.4 Å². The second-order valence-electron chi connectivity index (χ2n) is 9.15. The minimum Gasteiger partial charge on any atom is -0.489 e. The molecule has 0 saturated heterocycles. The summed E-state index contributed by atoms with van der Waals surface area (Å²) in [6.45, 7) is 2.71. The third-order valence-electron chi connectivity index (χ3n) is 6.58. The van der Waals surface area contributed by atoms with Gasteiger partial charge in [-0.2, -0.15) is 0 Å². The van der Waals surface area contributed by atoms with Crippen LogP contribution in [0.3, 0.4) is 0 Å². The first-order valence-electron chi connectivity index (χ1n) is 12.0. The molecule has 186 valence electrons. The van der Waals surface area contributed by atoms with Crippen LogP contribution in [0, 0.1) is 0 Å². The number of anilines is 2. The zero-order valence-corrected chi connectivity index (χ0v) is 21.0. The number of rotatable bonds is 7. The van der Waals surface area contributed by atoms with Gasteiger partial charge in [0, 0.05) is 36.6 Å². The van der Waals surface area contributed by atoms with Gasteiger partial charge in [-0.3, -0.25) is 9.52 Å². The number of ether oxygens (including phenoxy) is 1. The fraction of sp³-hybridized carbons (Fsp3) is 0.250. The molecule has 0 unspecified atom stereocenters. The van der Waals surface area contributed by atoms with Crippen LogP contribution in [0.4, 0.5) is 11.4 Å². The van der Waals surface area contributed by atoms with E-state index in [4.69, 9.17) is 4.74 Å². The number of para-hydroxylation sites is 1. The monoisotopic (exact) mass is 503 g/mol. The molecule has 0 spiro atoms. The molecule has 0 aromatic heterocycles. The van der Waals surface area contributed by atoms with Crippen molar-refractivity contribution in [2.45, 2.75) is 19.4 Å². The van der Waals surface area contributed by atoms with Gasteiger partial charge in [0.05, 0.1) is 6.26 Å².